The van der Waals surface area contributed by atoms with Gasteiger partial charge < -0.3 is 5.32 Å². The van der Waals surface area contributed by atoms with Gasteiger partial charge >= 0.3 is 0 Å². The van der Waals surface area contributed by atoms with Crippen molar-refractivity contribution in [3.8, 4) is 0 Å². The van der Waals surface area contributed by atoms with Crippen molar-refractivity contribution in [2.75, 3.05) is 12.4 Å². The zero-order chi connectivity index (χ0) is 13.7. The monoisotopic (exact) mass is 286 g/mol. The predicted octanol–water partition coefficient (Wildman–Crippen LogP) is 3.83. The molecule has 18 heavy (non-hydrogen) atoms. The first-order valence-electron chi connectivity index (χ1n) is 5.54. The van der Waals surface area contributed by atoms with Gasteiger partial charge in [0.15, 0.2) is 0 Å². The molecule has 1 aromatic rings. The molecule has 0 spiro atoms. The summed E-state index contributed by atoms with van der Waals surface area (Å²) < 4.78 is 0. The molecule has 6 heteroatoms. The van der Waals surface area contributed by atoms with Crippen LogP contribution in [0.5, 0.6) is 0 Å². The summed E-state index contributed by atoms with van der Waals surface area (Å²) in [6, 6.07) is 1.59. The van der Waals surface area contributed by atoms with E-state index in [2.05, 4.69) is 41.0 Å². The lowest BCUT2D eigenvalue weighted by Crippen LogP contribution is -2.12. The molecule has 1 heterocycles. The van der Waals surface area contributed by atoms with Crippen molar-refractivity contribution in [1.82, 2.24) is 9.97 Å². The van der Waals surface area contributed by atoms with Crippen LogP contribution in [0.2, 0.25) is 10.4 Å². The average Bonchev–Trinajstić information content (AvgIpc) is 2.26. The molecular formula is C12H16Cl2N4. The van der Waals surface area contributed by atoms with E-state index >= 15 is 0 Å². The van der Waals surface area contributed by atoms with Crippen LogP contribution in [0.3, 0.4) is 0 Å². The number of halogens is 2. The van der Waals surface area contributed by atoms with Crippen molar-refractivity contribution >= 4 is 34.9 Å². The second-order valence-electron chi connectivity index (χ2n) is 4.12. The molecule has 4 nitrogen and oxygen atoms in total. The Morgan fingerprint density at radius 3 is 2.56 bits per heavy atom. The molecule has 0 bridgehead atoms. The molecule has 0 saturated carbocycles. The number of hydrogen-bond acceptors (Lipinski definition) is 3. The van der Waals surface area contributed by atoms with Crippen LogP contribution in [0, 0.1) is 5.92 Å². The van der Waals surface area contributed by atoms with Crippen molar-refractivity contribution in [1.29, 1.82) is 0 Å². The maximum atomic E-state index is 5.80. The van der Waals surface area contributed by atoms with Gasteiger partial charge in [-0.1, -0.05) is 31.0 Å². The van der Waals surface area contributed by atoms with Crippen molar-refractivity contribution in [3.63, 3.8) is 0 Å². The Labute approximate surface area is 117 Å². The van der Waals surface area contributed by atoms with Gasteiger partial charge in [0.1, 0.15) is 16.8 Å². The van der Waals surface area contributed by atoms with E-state index in [1.54, 1.807) is 13.1 Å². The number of allylic oxidation sites excluding steroid dienone is 1. The zero-order valence-corrected chi connectivity index (χ0v) is 12.3. The van der Waals surface area contributed by atoms with Crippen LogP contribution in [0.1, 0.15) is 20.8 Å². The third kappa shape index (κ3) is 4.63. The van der Waals surface area contributed by atoms with E-state index in [0.29, 0.717) is 17.6 Å². The smallest absolute Gasteiger partial charge is 0.225 e. The van der Waals surface area contributed by atoms with E-state index in [-0.39, 0.29) is 10.4 Å². The Hall–Kier alpha value is -1.13. The first kappa shape index (κ1) is 14.9. The average molecular weight is 287 g/mol. The largest absolute Gasteiger partial charge is 0.325 e. The molecular weight excluding hydrogens is 271 g/mol. The Kier molecular flexibility index (Phi) is 5.56. The van der Waals surface area contributed by atoms with Gasteiger partial charge in [0, 0.05) is 13.1 Å². The van der Waals surface area contributed by atoms with E-state index in [9.17, 15) is 0 Å². The van der Waals surface area contributed by atoms with Crippen molar-refractivity contribution in [3.05, 3.63) is 28.2 Å². The lowest BCUT2D eigenvalue weighted by atomic mass is 10.1. The maximum Gasteiger partial charge on any atom is 0.225 e. The van der Waals surface area contributed by atoms with Gasteiger partial charge in [-0.15, -0.1) is 0 Å². The molecule has 0 aliphatic carbocycles. The highest BCUT2D eigenvalue weighted by Gasteiger charge is 2.04. The van der Waals surface area contributed by atoms with Crippen molar-refractivity contribution in [2.45, 2.75) is 20.8 Å². The molecule has 98 valence electrons. The molecule has 0 saturated heterocycles. The molecule has 0 amide bonds. The van der Waals surface area contributed by atoms with Gasteiger partial charge in [-0.3, -0.25) is 4.99 Å². The van der Waals surface area contributed by atoms with E-state index < -0.39 is 0 Å². The van der Waals surface area contributed by atoms with Gasteiger partial charge in [-0.2, -0.15) is 0 Å². The number of nitrogens with zero attached hydrogens (tertiary/aromatic N) is 3. The molecule has 1 aromatic heterocycles. The first-order valence-corrected chi connectivity index (χ1v) is 6.30. The number of aliphatic imine (C=N–C) groups is 1. The number of aromatic nitrogens is 2. The number of anilines is 1. The summed E-state index contributed by atoms with van der Waals surface area (Å²) in [7, 11) is 1.71. The minimum Gasteiger partial charge on any atom is -0.325 e. The standard InChI is InChI=1S/C12H16Cl2N4/c1-7(2)8(3)5-10(15-4)17-11-6-9(13)16-12(14)18-11/h5-7H,1-4H3,(H,15,16,17,18)/b8-5+. The normalized spacial score (nSPS) is 13.1. The molecule has 0 aromatic carbocycles. The van der Waals surface area contributed by atoms with Crippen molar-refractivity contribution < 1.29 is 0 Å². The second-order valence-corrected chi connectivity index (χ2v) is 4.85. The Balaban J connectivity index is 2.91. The fourth-order valence-corrected chi connectivity index (χ4v) is 1.53. The molecule has 0 radical (unpaired) electrons. The number of rotatable bonds is 3. The molecule has 1 N–H and O–H groups in total. The van der Waals surface area contributed by atoms with Gasteiger partial charge in [0.05, 0.1) is 0 Å². The highest BCUT2D eigenvalue weighted by Crippen LogP contribution is 2.15. The summed E-state index contributed by atoms with van der Waals surface area (Å²) in [6.07, 6.45) is 1.97. The third-order valence-corrected chi connectivity index (χ3v) is 2.80. The summed E-state index contributed by atoms with van der Waals surface area (Å²) in [5, 5.41) is 3.44. The van der Waals surface area contributed by atoms with Crippen LogP contribution in [-0.4, -0.2) is 22.9 Å². The van der Waals surface area contributed by atoms with Gasteiger partial charge in [0.25, 0.3) is 0 Å². The molecule has 0 fully saturated rings. The lowest BCUT2D eigenvalue weighted by molar-refractivity contribution is 0.770. The van der Waals surface area contributed by atoms with Gasteiger partial charge in [0.2, 0.25) is 5.28 Å². The van der Waals surface area contributed by atoms with Gasteiger partial charge in [-0.05, 0) is 30.5 Å². The molecule has 0 atom stereocenters. The van der Waals surface area contributed by atoms with E-state index in [1.807, 2.05) is 6.08 Å². The van der Waals surface area contributed by atoms with Crippen LogP contribution in [-0.2, 0) is 0 Å². The van der Waals surface area contributed by atoms with E-state index in [1.165, 1.54) is 5.57 Å². The quantitative estimate of drug-likeness (QED) is 0.398. The van der Waals surface area contributed by atoms with Crippen LogP contribution < -0.4 is 5.32 Å². The SMILES string of the molecule is CN=C(/C=C(\C)C(C)C)Nc1cc(Cl)nc(Cl)n1. The number of hydrogen-bond donors (Lipinski definition) is 1. The third-order valence-electron chi connectivity index (χ3n) is 2.44. The highest BCUT2D eigenvalue weighted by molar-refractivity contribution is 6.32. The summed E-state index contributed by atoms with van der Waals surface area (Å²) in [5.74, 6) is 1.68. The lowest BCUT2D eigenvalue weighted by Gasteiger charge is -2.09. The Bertz CT molecular complexity index is 461. The van der Waals surface area contributed by atoms with Crippen LogP contribution >= 0.6 is 23.2 Å². The molecule has 0 aliphatic heterocycles. The molecule has 0 unspecified atom stereocenters. The van der Waals surface area contributed by atoms with E-state index in [4.69, 9.17) is 23.2 Å². The highest BCUT2D eigenvalue weighted by atomic mass is 35.5. The summed E-state index contributed by atoms with van der Waals surface area (Å²) in [4.78, 5) is 12.0. The number of amidine groups is 1. The summed E-state index contributed by atoms with van der Waals surface area (Å²) >= 11 is 11.5. The van der Waals surface area contributed by atoms with Crippen LogP contribution in [0.25, 0.3) is 0 Å². The fraction of sp³-hybridized carbons (Fsp3) is 0.417. The molecule has 0 aliphatic rings. The number of nitrogens with one attached hydrogen (secondary N) is 1. The Morgan fingerprint density at radius 1 is 1.39 bits per heavy atom. The minimum atomic E-state index is 0.102. The minimum absolute atomic E-state index is 0.102. The van der Waals surface area contributed by atoms with Gasteiger partial charge in [-0.25, -0.2) is 9.97 Å². The second kappa shape index (κ2) is 6.71. The fourth-order valence-electron chi connectivity index (χ4n) is 1.12. The first-order chi connectivity index (χ1) is 8.42. The van der Waals surface area contributed by atoms with Crippen LogP contribution in [0.4, 0.5) is 5.82 Å². The summed E-state index contributed by atoms with van der Waals surface area (Å²) in [5.41, 5.74) is 1.22. The van der Waals surface area contributed by atoms with Crippen molar-refractivity contribution in [2.24, 2.45) is 10.9 Å². The summed E-state index contributed by atoms with van der Waals surface area (Å²) in [6.45, 7) is 6.30. The van der Waals surface area contributed by atoms with Crippen LogP contribution in [0.15, 0.2) is 22.7 Å². The molecule has 1 rings (SSSR count). The predicted molar refractivity (Wildman–Crippen MR) is 77.6 cm³/mol. The Morgan fingerprint density at radius 2 is 2.06 bits per heavy atom. The topological polar surface area (TPSA) is 50.2 Å². The maximum absolute atomic E-state index is 5.80. The van der Waals surface area contributed by atoms with E-state index in [0.717, 1.165) is 0 Å². The zero-order valence-electron chi connectivity index (χ0n) is 10.8.